The van der Waals surface area contributed by atoms with Gasteiger partial charge in [-0.05, 0) is 36.8 Å². The van der Waals surface area contributed by atoms with Gasteiger partial charge in [-0.25, -0.2) is 4.39 Å². The number of ether oxygens (including phenoxy) is 1. The molecule has 0 fully saturated rings. The first-order valence-corrected chi connectivity index (χ1v) is 9.59. The monoisotopic (exact) mass is 389 g/mol. The molecule has 0 aliphatic carbocycles. The lowest BCUT2D eigenvalue weighted by Gasteiger charge is -2.05. The molecule has 0 aliphatic heterocycles. The molecule has 0 unspecified atom stereocenters. The quantitative estimate of drug-likeness (QED) is 0.482. The first-order valence-electron chi connectivity index (χ1n) is 7.78. The summed E-state index contributed by atoms with van der Waals surface area (Å²) in [5.74, 6) is 0.510. The largest absolute Gasteiger partial charge is 0.484 e. The van der Waals surface area contributed by atoms with Crippen LogP contribution in [0, 0.1) is 12.7 Å². The van der Waals surface area contributed by atoms with E-state index < -0.39 is 0 Å². The summed E-state index contributed by atoms with van der Waals surface area (Å²) < 4.78 is 18.9. The molecule has 5 nitrogen and oxygen atoms in total. The number of carbonyl (C=O) groups is 1. The van der Waals surface area contributed by atoms with E-state index in [2.05, 4.69) is 46.7 Å². The highest BCUT2D eigenvalue weighted by atomic mass is 32.2. The number of carbonyl (C=O) groups excluding carboxylic acids is 1. The molecule has 3 aromatic rings. The molecule has 26 heavy (non-hydrogen) atoms. The molecule has 0 spiro atoms. The highest BCUT2D eigenvalue weighted by Gasteiger charge is 2.10. The molecule has 1 N–H and O–H groups in total. The van der Waals surface area contributed by atoms with Gasteiger partial charge < -0.3 is 4.74 Å². The van der Waals surface area contributed by atoms with E-state index in [4.69, 9.17) is 4.74 Å². The summed E-state index contributed by atoms with van der Waals surface area (Å²) in [4.78, 5) is 11.9. The Hall–Kier alpha value is -2.45. The molecule has 3 rings (SSSR count). The molecule has 1 aromatic heterocycles. The molecule has 0 saturated carbocycles. The number of hydrogen-bond donors (Lipinski definition) is 1. The molecule has 1 amide bonds. The molecule has 0 aliphatic rings. The smallest absolute Gasteiger partial charge is 0.264 e. The van der Waals surface area contributed by atoms with Crippen LogP contribution >= 0.6 is 23.1 Å². The standard InChI is InChI=1S/C18H16FN3O2S2/c1-12-2-4-13(5-3-12)11-25-18-22-21-17(26-18)20-16(23)10-24-15-8-6-14(19)7-9-15/h2-9H,10-11H2,1H3,(H,20,21,23). The van der Waals surface area contributed by atoms with Crippen molar-refractivity contribution in [3.63, 3.8) is 0 Å². The lowest BCUT2D eigenvalue weighted by Crippen LogP contribution is -2.20. The van der Waals surface area contributed by atoms with E-state index in [-0.39, 0.29) is 18.3 Å². The summed E-state index contributed by atoms with van der Waals surface area (Å²) in [5.41, 5.74) is 2.43. The predicted octanol–water partition coefficient (Wildman–Crippen LogP) is 4.30. The maximum absolute atomic E-state index is 12.8. The van der Waals surface area contributed by atoms with E-state index in [9.17, 15) is 9.18 Å². The summed E-state index contributed by atoms with van der Waals surface area (Å²) >= 11 is 2.88. The molecule has 0 atom stereocenters. The van der Waals surface area contributed by atoms with Crippen molar-refractivity contribution in [3.8, 4) is 5.75 Å². The number of nitrogens with one attached hydrogen (secondary N) is 1. The van der Waals surface area contributed by atoms with Crippen molar-refractivity contribution in [2.45, 2.75) is 17.0 Å². The zero-order valence-corrected chi connectivity index (χ0v) is 15.6. The Labute approximate surface area is 158 Å². The van der Waals surface area contributed by atoms with Crippen molar-refractivity contribution in [1.82, 2.24) is 10.2 Å². The number of halogens is 1. The molecule has 0 saturated heterocycles. The summed E-state index contributed by atoms with van der Waals surface area (Å²) in [5, 5.41) is 11.1. The summed E-state index contributed by atoms with van der Waals surface area (Å²) in [6.07, 6.45) is 0. The van der Waals surface area contributed by atoms with Crippen LogP contribution in [0.1, 0.15) is 11.1 Å². The molecular formula is C18H16FN3O2S2. The Morgan fingerprint density at radius 2 is 1.88 bits per heavy atom. The lowest BCUT2D eigenvalue weighted by molar-refractivity contribution is -0.118. The Bertz CT molecular complexity index is 867. The molecule has 0 bridgehead atoms. The SMILES string of the molecule is Cc1ccc(CSc2nnc(NC(=O)COc3ccc(F)cc3)s2)cc1. The fourth-order valence-corrected chi connectivity index (χ4v) is 3.71. The van der Waals surface area contributed by atoms with Gasteiger partial charge in [0.25, 0.3) is 5.91 Å². The van der Waals surface area contributed by atoms with Gasteiger partial charge in [-0.15, -0.1) is 10.2 Å². The van der Waals surface area contributed by atoms with Crippen LogP contribution in [0.5, 0.6) is 5.75 Å². The number of amides is 1. The van der Waals surface area contributed by atoms with Crippen molar-refractivity contribution in [3.05, 3.63) is 65.5 Å². The topological polar surface area (TPSA) is 64.1 Å². The van der Waals surface area contributed by atoms with Crippen molar-refractivity contribution in [1.29, 1.82) is 0 Å². The van der Waals surface area contributed by atoms with Crippen LogP contribution in [-0.4, -0.2) is 22.7 Å². The zero-order valence-electron chi connectivity index (χ0n) is 13.9. The first-order chi connectivity index (χ1) is 12.6. The molecule has 8 heteroatoms. The van der Waals surface area contributed by atoms with E-state index >= 15 is 0 Å². The Balaban J connectivity index is 1.45. The van der Waals surface area contributed by atoms with Crippen molar-refractivity contribution in [2.24, 2.45) is 0 Å². The zero-order chi connectivity index (χ0) is 18.4. The molecule has 0 radical (unpaired) electrons. The summed E-state index contributed by atoms with van der Waals surface area (Å²) in [6.45, 7) is 1.87. The highest BCUT2D eigenvalue weighted by Crippen LogP contribution is 2.28. The van der Waals surface area contributed by atoms with Crippen LogP contribution in [0.25, 0.3) is 0 Å². The number of aromatic nitrogens is 2. The third kappa shape index (κ3) is 5.53. The van der Waals surface area contributed by atoms with Crippen LogP contribution in [0.2, 0.25) is 0 Å². The molecular weight excluding hydrogens is 373 g/mol. The molecule has 1 heterocycles. The Morgan fingerprint density at radius 1 is 1.15 bits per heavy atom. The number of nitrogens with zero attached hydrogens (tertiary/aromatic N) is 2. The number of thioether (sulfide) groups is 1. The number of benzene rings is 2. The van der Waals surface area contributed by atoms with Gasteiger partial charge >= 0.3 is 0 Å². The van der Waals surface area contributed by atoms with Crippen LogP contribution in [0.15, 0.2) is 52.9 Å². The van der Waals surface area contributed by atoms with Crippen molar-refractivity contribution in [2.75, 3.05) is 11.9 Å². The number of hydrogen-bond acceptors (Lipinski definition) is 6. The molecule has 2 aromatic carbocycles. The van der Waals surface area contributed by atoms with Gasteiger partial charge in [0, 0.05) is 5.75 Å². The third-order valence-corrected chi connectivity index (χ3v) is 5.36. The average molecular weight is 389 g/mol. The normalized spacial score (nSPS) is 10.5. The van der Waals surface area contributed by atoms with Gasteiger partial charge in [0.1, 0.15) is 11.6 Å². The fraction of sp³-hybridized carbons (Fsp3) is 0.167. The third-order valence-electron chi connectivity index (χ3n) is 3.32. The van der Waals surface area contributed by atoms with Gasteiger partial charge in [-0.1, -0.05) is 52.9 Å². The van der Waals surface area contributed by atoms with Gasteiger partial charge in [0.05, 0.1) is 0 Å². The fourth-order valence-electron chi connectivity index (χ4n) is 1.98. The maximum atomic E-state index is 12.8. The number of anilines is 1. The van der Waals surface area contributed by atoms with Gasteiger partial charge in [-0.2, -0.15) is 0 Å². The summed E-state index contributed by atoms with van der Waals surface area (Å²) in [6, 6.07) is 13.8. The van der Waals surface area contributed by atoms with Crippen LogP contribution in [-0.2, 0) is 10.5 Å². The van der Waals surface area contributed by atoms with E-state index in [1.165, 1.54) is 46.7 Å². The maximum Gasteiger partial charge on any atom is 0.264 e. The van der Waals surface area contributed by atoms with E-state index in [1.807, 2.05) is 0 Å². The average Bonchev–Trinajstić information content (AvgIpc) is 3.08. The second-order valence-electron chi connectivity index (χ2n) is 5.44. The van der Waals surface area contributed by atoms with Crippen molar-refractivity contribution >= 4 is 34.1 Å². The Morgan fingerprint density at radius 3 is 2.62 bits per heavy atom. The van der Waals surface area contributed by atoms with Gasteiger partial charge in [0.15, 0.2) is 10.9 Å². The van der Waals surface area contributed by atoms with E-state index in [1.54, 1.807) is 11.8 Å². The van der Waals surface area contributed by atoms with Crippen molar-refractivity contribution < 1.29 is 13.9 Å². The summed E-state index contributed by atoms with van der Waals surface area (Å²) in [7, 11) is 0. The van der Waals surface area contributed by atoms with Gasteiger partial charge in [-0.3, -0.25) is 10.1 Å². The predicted molar refractivity (Wildman–Crippen MR) is 101 cm³/mol. The lowest BCUT2D eigenvalue weighted by atomic mass is 10.2. The second kappa shape index (κ2) is 8.77. The number of aryl methyl sites for hydroxylation is 1. The second-order valence-corrected chi connectivity index (χ2v) is 7.64. The minimum atomic E-state index is -0.355. The van der Waals surface area contributed by atoms with E-state index in [0.29, 0.717) is 10.9 Å². The Kier molecular flexibility index (Phi) is 6.19. The van der Waals surface area contributed by atoms with Crippen LogP contribution in [0.3, 0.4) is 0 Å². The minimum Gasteiger partial charge on any atom is -0.484 e. The van der Waals surface area contributed by atoms with E-state index in [0.717, 1.165) is 10.1 Å². The van der Waals surface area contributed by atoms with Crippen LogP contribution < -0.4 is 10.1 Å². The minimum absolute atomic E-state index is 0.183. The van der Waals surface area contributed by atoms with Gasteiger partial charge in [0.2, 0.25) is 5.13 Å². The molecule has 134 valence electrons. The van der Waals surface area contributed by atoms with Crippen LogP contribution in [0.4, 0.5) is 9.52 Å². The number of rotatable bonds is 7. The highest BCUT2D eigenvalue weighted by molar-refractivity contribution is 8.00. The first kappa shape index (κ1) is 18.3.